The van der Waals surface area contributed by atoms with Crippen molar-refractivity contribution in [2.45, 2.75) is 38.4 Å². The molecule has 0 saturated carbocycles. The molecule has 2 aromatic carbocycles. The summed E-state index contributed by atoms with van der Waals surface area (Å²) in [5, 5.41) is 9.99. The molecule has 0 amide bonds. The largest absolute Gasteiger partial charge is 0.299 e. The van der Waals surface area contributed by atoms with Crippen molar-refractivity contribution >= 4 is 0 Å². The van der Waals surface area contributed by atoms with Gasteiger partial charge < -0.3 is 0 Å². The Kier molecular flexibility index (Phi) is 5.86. The molecule has 0 bridgehead atoms. The van der Waals surface area contributed by atoms with Gasteiger partial charge in [0.15, 0.2) is 0 Å². The lowest BCUT2D eigenvalue weighted by atomic mass is 9.86. The highest BCUT2D eigenvalue weighted by atomic mass is 15.2. The number of nitriles is 1. The van der Waals surface area contributed by atoms with E-state index in [4.69, 9.17) is 0 Å². The molecule has 25 heavy (non-hydrogen) atoms. The van der Waals surface area contributed by atoms with Crippen molar-refractivity contribution in [2.75, 3.05) is 19.6 Å². The number of hydrogen-bond acceptors (Lipinski definition) is 3. The molecule has 1 aliphatic heterocycles. The van der Waals surface area contributed by atoms with Crippen LogP contribution in [0.1, 0.15) is 30.9 Å². The van der Waals surface area contributed by atoms with E-state index in [1.54, 1.807) is 0 Å². The van der Waals surface area contributed by atoms with Gasteiger partial charge in [0.2, 0.25) is 0 Å². The van der Waals surface area contributed by atoms with E-state index in [1.165, 1.54) is 11.1 Å². The van der Waals surface area contributed by atoms with Gasteiger partial charge in [-0.15, -0.1) is 0 Å². The first-order chi connectivity index (χ1) is 12.3. The second kappa shape index (κ2) is 8.29. The highest BCUT2D eigenvalue weighted by Crippen LogP contribution is 2.30. The van der Waals surface area contributed by atoms with Crippen LogP contribution in [-0.2, 0) is 13.1 Å². The van der Waals surface area contributed by atoms with E-state index in [-0.39, 0.29) is 5.54 Å². The van der Waals surface area contributed by atoms with Gasteiger partial charge in [-0.2, -0.15) is 5.26 Å². The highest BCUT2D eigenvalue weighted by Gasteiger charge is 2.39. The van der Waals surface area contributed by atoms with Crippen molar-refractivity contribution in [1.29, 1.82) is 5.26 Å². The molecule has 2 aromatic rings. The molecular weight excluding hydrogens is 306 g/mol. The van der Waals surface area contributed by atoms with E-state index in [0.29, 0.717) is 0 Å². The van der Waals surface area contributed by atoms with E-state index in [1.807, 2.05) is 6.07 Å². The molecule has 0 radical (unpaired) electrons. The Labute approximate surface area is 151 Å². The summed E-state index contributed by atoms with van der Waals surface area (Å²) in [5.41, 5.74) is 2.30. The van der Waals surface area contributed by atoms with E-state index in [9.17, 15) is 5.26 Å². The second-order valence-electron chi connectivity index (χ2n) is 6.90. The quantitative estimate of drug-likeness (QED) is 0.798. The van der Waals surface area contributed by atoms with Gasteiger partial charge in [0.1, 0.15) is 5.54 Å². The highest BCUT2D eigenvalue weighted by molar-refractivity contribution is 5.19. The van der Waals surface area contributed by atoms with Crippen LogP contribution < -0.4 is 0 Å². The molecule has 3 rings (SSSR count). The van der Waals surface area contributed by atoms with Crippen molar-refractivity contribution in [1.82, 2.24) is 9.80 Å². The van der Waals surface area contributed by atoms with Gasteiger partial charge >= 0.3 is 0 Å². The lowest BCUT2D eigenvalue weighted by Crippen LogP contribution is -2.54. The normalized spacial score (nSPS) is 17.3. The van der Waals surface area contributed by atoms with Gasteiger partial charge in [-0.3, -0.25) is 9.80 Å². The van der Waals surface area contributed by atoms with Crippen molar-refractivity contribution < 1.29 is 0 Å². The fourth-order valence-electron chi connectivity index (χ4n) is 3.79. The summed E-state index contributed by atoms with van der Waals surface area (Å²) in [6, 6.07) is 23.8. The van der Waals surface area contributed by atoms with Gasteiger partial charge in [0, 0.05) is 26.2 Å². The Morgan fingerprint density at radius 2 is 1.52 bits per heavy atom. The molecule has 0 aromatic heterocycles. The lowest BCUT2D eigenvalue weighted by molar-refractivity contribution is 0.0559. The Morgan fingerprint density at radius 1 is 0.960 bits per heavy atom. The van der Waals surface area contributed by atoms with Crippen molar-refractivity contribution in [2.24, 2.45) is 0 Å². The predicted molar refractivity (Wildman–Crippen MR) is 102 cm³/mol. The van der Waals surface area contributed by atoms with Crippen molar-refractivity contribution in [3.05, 3.63) is 71.8 Å². The first-order valence-electron chi connectivity index (χ1n) is 9.22. The number of rotatable bonds is 6. The Hall–Kier alpha value is -2.15. The van der Waals surface area contributed by atoms with Crippen LogP contribution in [0.15, 0.2) is 60.7 Å². The fourth-order valence-corrected chi connectivity index (χ4v) is 3.79. The van der Waals surface area contributed by atoms with E-state index in [0.717, 1.165) is 45.6 Å². The standard InChI is InChI=1S/C22H27N3/c1-2-25(18-21-11-7-4-8-12-21)22(19-23)13-15-24(16-14-22)17-20-9-5-3-6-10-20/h3-12H,2,13-18H2,1H3. The summed E-state index contributed by atoms with van der Waals surface area (Å²) in [4.78, 5) is 4.84. The molecule has 1 heterocycles. The maximum Gasteiger partial charge on any atom is 0.111 e. The van der Waals surface area contributed by atoms with Crippen molar-refractivity contribution in [3.8, 4) is 6.07 Å². The smallest absolute Gasteiger partial charge is 0.111 e. The summed E-state index contributed by atoms with van der Waals surface area (Å²) >= 11 is 0. The maximum atomic E-state index is 9.99. The topological polar surface area (TPSA) is 30.3 Å². The Balaban J connectivity index is 1.64. The van der Waals surface area contributed by atoms with Gasteiger partial charge in [0.25, 0.3) is 0 Å². The number of benzene rings is 2. The zero-order valence-electron chi connectivity index (χ0n) is 15.1. The third kappa shape index (κ3) is 4.28. The monoisotopic (exact) mass is 333 g/mol. The third-order valence-electron chi connectivity index (χ3n) is 5.34. The molecule has 1 fully saturated rings. The minimum absolute atomic E-state index is 0.336. The molecule has 1 saturated heterocycles. The van der Waals surface area contributed by atoms with Gasteiger partial charge in [-0.25, -0.2) is 0 Å². The first kappa shape index (κ1) is 17.7. The van der Waals surface area contributed by atoms with Gasteiger partial charge in [-0.1, -0.05) is 67.6 Å². The zero-order chi connectivity index (χ0) is 17.5. The molecule has 130 valence electrons. The number of hydrogen-bond donors (Lipinski definition) is 0. The molecule has 0 aliphatic carbocycles. The fraction of sp³-hybridized carbons (Fsp3) is 0.409. The Morgan fingerprint density at radius 3 is 2.04 bits per heavy atom. The van der Waals surface area contributed by atoms with Crippen LogP contribution in [-0.4, -0.2) is 35.0 Å². The SMILES string of the molecule is CCN(Cc1ccccc1)C1(C#N)CCN(Cc2ccccc2)CC1. The molecule has 3 heteroatoms. The first-order valence-corrected chi connectivity index (χ1v) is 9.22. The summed E-state index contributed by atoms with van der Waals surface area (Å²) < 4.78 is 0. The summed E-state index contributed by atoms with van der Waals surface area (Å²) in [5.74, 6) is 0. The van der Waals surface area contributed by atoms with Crippen LogP contribution in [0.4, 0.5) is 0 Å². The van der Waals surface area contributed by atoms with Gasteiger partial charge in [-0.05, 0) is 30.5 Å². The van der Waals surface area contributed by atoms with Crippen LogP contribution in [0.2, 0.25) is 0 Å². The molecule has 0 spiro atoms. The molecule has 0 N–H and O–H groups in total. The maximum absolute atomic E-state index is 9.99. The molecule has 0 unspecified atom stereocenters. The molecule has 3 nitrogen and oxygen atoms in total. The molecule has 1 aliphatic rings. The summed E-state index contributed by atoms with van der Waals surface area (Å²) in [6.07, 6.45) is 1.83. The average molecular weight is 333 g/mol. The molecular formula is C22H27N3. The Bertz CT molecular complexity index is 682. The van der Waals surface area contributed by atoms with Crippen LogP contribution in [0, 0.1) is 11.3 Å². The third-order valence-corrected chi connectivity index (χ3v) is 5.34. The van der Waals surface area contributed by atoms with Crippen molar-refractivity contribution in [3.63, 3.8) is 0 Å². The van der Waals surface area contributed by atoms with E-state index < -0.39 is 0 Å². The minimum atomic E-state index is -0.336. The lowest BCUT2D eigenvalue weighted by Gasteiger charge is -2.44. The summed E-state index contributed by atoms with van der Waals surface area (Å²) in [6.45, 7) is 6.86. The molecule has 0 atom stereocenters. The van der Waals surface area contributed by atoms with Crippen LogP contribution >= 0.6 is 0 Å². The number of piperidine rings is 1. The number of nitrogens with zero attached hydrogens (tertiary/aromatic N) is 3. The minimum Gasteiger partial charge on any atom is -0.299 e. The van der Waals surface area contributed by atoms with Gasteiger partial charge in [0.05, 0.1) is 6.07 Å². The van der Waals surface area contributed by atoms with Crippen LogP contribution in [0.3, 0.4) is 0 Å². The van der Waals surface area contributed by atoms with E-state index >= 15 is 0 Å². The van der Waals surface area contributed by atoms with Crippen LogP contribution in [0.5, 0.6) is 0 Å². The number of likely N-dealkylation sites (tertiary alicyclic amines) is 1. The van der Waals surface area contributed by atoms with Crippen LogP contribution in [0.25, 0.3) is 0 Å². The predicted octanol–water partition coefficient (Wildman–Crippen LogP) is 4.07. The second-order valence-corrected chi connectivity index (χ2v) is 6.90. The van der Waals surface area contributed by atoms with E-state index in [2.05, 4.69) is 77.4 Å². The average Bonchev–Trinajstić information content (AvgIpc) is 2.69. The summed E-state index contributed by atoms with van der Waals surface area (Å²) in [7, 11) is 0. The zero-order valence-corrected chi connectivity index (χ0v) is 15.1.